The number of halogens is 3. The molecule has 2 aliphatic rings. The molecule has 1 aromatic rings. The third kappa shape index (κ3) is 7.57. The second kappa shape index (κ2) is 12.4. The minimum atomic E-state index is -4.69. The van der Waals surface area contributed by atoms with E-state index in [1.54, 1.807) is 0 Å². The van der Waals surface area contributed by atoms with E-state index in [9.17, 15) is 27.6 Å². The molecule has 0 spiro atoms. The van der Waals surface area contributed by atoms with Crippen molar-refractivity contribution >= 4 is 23.5 Å². The number of morpholine rings is 1. The van der Waals surface area contributed by atoms with Gasteiger partial charge >= 0.3 is 12.2 Å². The van der Waals surface area contributed by atoms with Crippen molar-refractivity contribution in [1.82, 2.24) is 15.5 Å². The third-order valence-corrected chi connectivity index (χ3v) is 6.57. The van der Waals surface area contributed by atoms with Gasteiger partial charge in [-0.3, -0.25) is 9.59 Å². The molecule has 12 heteroatoms. The summed E-state index contributed by atoms with van der Waals surface area (Å²) in [6.07, 6.45) is -0.488. The highest BCUT2D eigenvalue weighted by Crippen LogP contribution is 2.32. The van der Waals surface area contributed by atoms with Gasteiger partial charge in [0, 0.05) is 25.2 Å². The van der Waals surface area contributed by atoms with Gasteiger partial charge in [0.2, 0.25) is 5.91 Å². The molecule has 1 aromatic carbocycles. The molecule has 0 radical (unpaired) electrons. The van der Waals surface area contributed by atoms with Crippen molar-refractivity contribution in [2.45, 2.75) is 57.3 Å². The fraction of sp³-hybridized carbons (Fsp3) is 0.625. The molecule has 2 fully saturated rings. The minimum Gasteiger partial charge on any atom is -0.378 e. The second-order valence-corrected chi connectivity index (χ2v) is 9.27. The summed E-state index contributed by atoms with van der Waals surface area (Å²) >= 11 is 0. The average molecular weight is 514 g/mol. The molecule has 1 saturated carbocycles. The highest BCUT2D eigenvalue weighted by atomic mass is 19.4. The predicted octanol–water partition coefficient (Wildman–Crippen LogP) is 2.71. The lowest BCUT2D eigenvalue weighted by atomic mass is 9.79. The van der Waals surface area contributed by atoms with Crippen LogP contribution in [0.2, 0.25) is 0 Å². The van der Waals surface area contributed by atoms with Crippen LogP contribution in [-0.4, -0.2) is 67.7 Å². The summed E-state index contributed by atoms with van der Waals surface area (Å²) < 4.78 is 45.1. The Hall–Kier alpha value is -2.86. The van der Waals surface area contributed by atoms with Crippen molar-refractivity contribution in [3.63, 3.8) is 0 Å². The summed E-state index contributed by atoms with van der Waals surface area (Å²) in [5.74, 6) is -1.09. The molecule has 36 heavy (non-hydrogen) atoms. The van der Waals surface area contributed by atoms with Crippen LogP contribution < -0.4 is 21.7 Å². The van der Waals surface area contributed by atoms with E-state index in [2.05, 4.69) is 22.9 Å². The normalized spacial score (nSPS) is 22.6. The van der Waals surface area contributed by atoms with Crippen LogP contribution in [0.25, 0.3) is 0 Å². The van der Waals surface area contributed by atoms with E-state index in [0.29, 0.717) is 32.4 Å². The number of nitrogens with two attached hydrogens (primary N) is 1. The zero-order valence-electron chi connectivity index (χ0n) is 20.3. The van der Waals surface area contributed by atoms with E-state index in [4.69, 9.17) is 10.5 Å². The Morgan fingerprint density at radius 1 is 1.17 bits per heavy atom. The third-order valence-electron chi connectivity index (χ3n) is 6.57. The number of nitrogens with one attached hydrogen (secondary N) is 3. The van der Waals surface area contributed by atoms with Crippen molar-refractivity contribution in [2.75, 3.05) is 38.2 Å². The molecule has 0 unspecified atom stereocenters. The maximum atomic E-state index is 13.3. The smallest absolute Gasteiger partial charge is 0.378 e. The molecular weight excluding hydrogens is 479 g/mol. The molecule has 1 aliphatic heterocycles. The van der Waals surface area contributed by atoms with Crippen LogP contribution in [-0.2, 0) is 15.7 Å². The van der Waals surface area contributed by atoms with E-state index in [1.165, 1.54) is 4.90 Å². The summed E-state index contributed by atoms with van der Waals surface area (Å²) in [5, 5.41) is 7.82. The van der Waals surface area contributed by atoms with Gasteiger partial charge in [0.15, 0.2) is 0 Å². The minimum absolute atomic E-state index is 0.0638. The van der Waals surface area contributed by atoms with E-state index in [0.717, 1.165) is 44.2 Å². The van der Waals surface area contributed by atoms with Crippen molar-refractivity contribution in [3.8, 4) is 0 Å². The van der Waals surface area contributed by atoms with E-state index in [-0.39, 0.29) is 29.3 Å². The van der Waals surface area contributed by atoms with Gasteiger partial charge in [-0.05, 0) is 49.8 Å². The molecule has 1 saturated heterocycles. The SMILES string of the molecule is CCC[C@@H]1C[C@H](N)CC[C@@H]1NC(=O)CNC(=O)c1cc(C(F)(F)F)ccc1NC(=O)N1CCOCC1. The number of benzene rings is 1. The first-order chi connectivity index (χ1) is 17.1. The predicted molar refractivity (Wildman–Crippen MR) is 127 cm³/mol. The van der Waals surface area contributed by atoms with Crippen molar-refractivity contribution in [3.05, 3.63) is 29.3 Å². The van der Waals surface area contributed by atoms with Crippen molar-refractivity contribution in [2.24, 2.45) is 11.7 Å². The van der Waals surface area contributed by atoms with Crippen LogP contribution in [0.3, 0.4) is 0 Å². The first-order valence-corrected chi connectivity index (χ1v) is 12.3. The number of nitrogens with zero attached hydrogens (tertiary/aromatic N) is 1. The van der Waals surface area contributed by atoms with Gasteiger partial charge in [0.25, 0.3) is 5.91 Å². The fourth-order valence-electron chi connectivity index (χ4n) is 4.67. The quantitative estimate of drug-likeness (QED) is 0.446. The summed E-state index contributed by atoms with van der Waals surface area (Å²) in [7, 11) is 0. The Morgan fingerprint density at radius 2 is 1.89 bits per heavy atom. The molecule has 1 aliphatic carbocycles. The second-order valence-electron chi connectivity index (χ2n) is 9.27. The first kappa shape index (κ1) is 27.7. The monoisotopic (exact) mass is 513 g/mol. The highest BCUT2D eigenvalue weighted by molar-refractivity contribution is 6.04. The molecule has 0 bridgehead atoms. The number of hydrogen-bond acceptors (Lipinski definition) is 5. The Labute approximate surface area is 208 Å². The largest absolute Gasteiger partial charge is 0.416 e. The lowest BCUT2D eigenvalue weighted by molar-refractivity contribution is -0.137. The van der Waals surface area contributed by atoms with Gasteiger partial charge in [-0.2, -0.15) is 13.2 Å². The summed E-state index contributed by atoms with van der Waals surface area (Å²) in [6, 6.07) is 1.98. The lowest BCUT2D eigenvalue weighted by Gasteiger charge is -2.35. The Balaban J connectivity index is 1.67. The van der Waals surface area contributed by atoms with Crippen LogP contribution in [0.4, 0.5) is 23.7 Å². The maximum absolute atomic E-state index is 13.3. The van der Waals surface area contributed by atoms with E-state index in [1.807, 2.05) is 0 Å². The standard InChI is InChI=1S/C24H34F3N5O4/c1-2-3-15-12-17(28)5-7-19(15)30-21(33)14-29-22(34)18-13-16(24(25,26)27)4-6-20(18)31-23(35)32-8-10-36-11-9-32/h4,6,13,15,17,19H,2-3,5,7-12,14,28H2,1H3,(H,29,34)(H,30,33)(H,31,35)/t15-,17-,19+/m1/s1. The van der Waals surface area contributed by atoms with Gasteiger partial charge in [-0.15, -0.1) is 0 Å². The average Bonchev–Trinajstić information content (AvgIpc) is 2.84. The molecule has 200 valence electrons. The number of alkyl halides is 3. The van der Waals surface area contributed by atoms with Gasteiger partial charge in [-0.25, -0.2) is 4.79 Å². The van der Waals surface area contributed by atoms with Gasteiger partial charge in [-0.1, -0.05) is 13.3 Å². The number of amides is 4. The number of ether oxygens (including phenoxy) is 1. The maximum Gasteiger partial charge on any atom is 0.416 e. The number of carbonyl (C=O) groups excluding carboxylic acids is 3. The molecule has 1 heterocycles. The zero-order valence-corrected chi connectivity index (χ0v) is 20.3. The van der Waals surface area contributed by atoms with Crippen LogP contribution in [0.5, 0.6) is 0 Å². The zero-order chi connectivity index (χ0) is 26.3. The summed E-state index contributed by atoms with van der Waals surface area (Å²) in [6.45, 7) is 2.97. The van der Waals surface area contributed by atoms with E-state index < -0.39 is 36.1 Å². The van der Waals surface area contributed by atoms with Crippen LogP contribution >= 0.6 is 0 Å². The van der Waals surface area contributed by atoms with Crippen LogP contribution in [0.15, 0.2) is 18.2 Å². The first-order valence-electron chi connectivity index (χ1n) is 12.3. The Bertz CT molecular complexity index is 937. The van der Waals surface area contributed by atoms with Crippen LogP contribution in [0, 0.1) is 5.92 Å². The summed E-state index contributed by atoms with van der Waals surface area (Å²) in [5.41, 5.74) is 4.56. The molecule has 3 rings (SSSR count). The van der Waals surface area contributed by atoms with Crippen LogP contribution in [0.1, 0.15) is 54.9 Å². The molecule has 0 aromatic heterocycles. The number of rotatable bonds is 7. The van der Waals surface area contributed by atoms with Gasteiger partial charge in [0.1, 0.15) is 0 Å². The molecule has 4 amide bonds. The molecular formula is C24H34F3N5O4. The number of hydrogen-bond donors (Lipinski definition) is 4. The molecule has 9 nitrogen and oxygen atoms in total. The highest BCUT2D eigenvalue weighted by Gasteiger charge is 2.33. The van der Waals surface area contributed by atoms with Gasteiger partial charge < -0.3 is 31.3 Å². The number of carbonyl (C=O) groups is 3. The number of urea groups is 1. The molecule has 3 atom stereocenters. The lowest BCUT2D eigenvalue weighted by Crippen LogP contribution is -2.49. The summed E-state index contributed by atoms with van der Waals surface area (Å²) in [4.78, 5) is 39.4. The van der Waals surface area contributed by atoms with Crippen molar-refractivity contribution < 1.29 is 32.3 Å². The topological polar surface area (TPSA) is 126 Å². The fourth-order valence-corrected chi connectivity index (χ4v) is 4.67. The Kier molecular flexibility index (Phi) is 9.55. The van der Waals surface area contributed by atoms with E-state index >= 15 is 0 Å². The number of anilines is 1. The Morgan fingerprint density at radius 3 is 2.56 bits per heavy atom. The molecule has 5 N–H and O–H groups in total. The van der Waals surface area contributed by atoms with Gasteiger partial charge in [0.05, 0.1) is 36.6 Å². The van der Waals surface area contributed by atoms with Crippen molar-refractivity contribution in [1.29, 1.82) is 0 Å².